The third-order valence-electron chi connectivity index (χ3n) is 5.60. The number of nitriles is 1. The maximum Gasteiger partial charge on any atom is 0.241 e. The fourth-order valence-corrected chi connectivity index (χ4v) is 3.73. The summed E-state index contributed by atoms with van der Waals surface area (Å²) in [6.45, 7) is 4.25. The number of anilines is 1. The molecule has 0 radical (unpaired) electrons. The van der Waals surface area contributed by atoms with Crippen LogP contribution in [-0.2, 0) is 17.8 Å². The Balaban J connectivity index is 1.26. The van der Waals surface area contributed by atoms with E-state index in [2.05, 4.69) is 26.4 Å². The van der Waals surface area contributed by atoms with E-state index in [1.807, 2.05) is 55.5 Å². The van der Waals surface area contributed by atoms with Gasteiger partial charge in [0.15, 0.2) is 0 Å². The molecule has 1 amide bonds. The zero-order valence-electron chi connectivity index (χ0n) is 17.5. The van der Waals surface area contributed by atoms with E-state index in [1.165, 1.54) is 5.56 Å². The number of likely N-dealkylation sites (tertiary alicyclic amines) is 1. The maximum atomic E-state index is 12.6. The number of aromatic nitrogens is 2. The lowest BCUT2D eigenvalue weighted by Gasteiger charge is -2.30. The van der Waals surface area contributed by atoms with Crippen LogP contribution in [0.2, 0.25) is 0 Å². The van der Waals surface area contributed by atoms with Gasteiger partial charge in [-0.15, -0.1) is 0 Å². The summed E-state index contributed by atoms with van der Waals surface area (Å²) in [5.41, 5.74) is 3.84. The molecular formula is C24H25N5O2. The van der Waals surface area contributed by atoms with Crippen LogP contribution in [0.4, 0.5) is 5.69 Å². The smallest absolute Gasteiger partial charge is 0.241 e. The number of carbonyl (C=O) groups is 1. The summed E-state index contributed by atoms with van der Waals surface area (Å²) in [6, 6.07) is 17.6. The molecule has 4 rings (SSSR count). The number of aryl methyl sites for hydroxylation is 1. The Kier molecular flexibility index (Phi) is 6.39. The van der Waals surface area contributed by atoms with E-state index in [1.54, 1.807) is 0 Å². The minimum atomic E-state index is -0.0131. The molecule has 1 aromatic heterocycles. The summed E-state index contributed by atoms with van der Waals surface area (Å²) >= 11 is 0. The van der Waals surface area contributed by atoms with Crippen molar-refractivity contribution in [3.05, 3.63) is 65.5 Å². The molecule has 7 heteroatoms. The Bertz CT molecular complexity index is 1060. The van der Waals surface area contributed by atoms with E-state index < -0.39 is 0 Å². The number of hydrogen-bond donors (Lipinski definition) is 1. The minimum absolute atomic E-state index is 0.0131. The van der Waals surface area contributed by atoms with Gasteiger partial charge in [0, 0.05) is 17.2 Å². The number of rotatable bonds is 6. The van der Waals surface area contributed by atoms with Crippen molar-refractivity contribution in [2.75, 3.05) is 18.4 Å². The van der Waals surface area contributed by atoms with Crippen LogP contribution in [0, 0.1) is 24.2 Å². The zero-order valence-corrected chi connectivity index (χ0v) is 17.5. The van der Waals surface area contributed by atoms with E-state index >= 15 is 0 Å². The number of benzene rings is 2. The van der Waals surface area contributed by atoms with Crippen LogP contribution >= 0.6 is 0 Å². The van der Waals surface area contributed by atoms with Crippen molar-refractivity contribution in [3.8, 4) is 17.5 Å². The molecule has 2 heterocycles. The predicted molar refractivity (Wildman–Crippen MR) is 117 cm³/mol. The van der Waals surface area contributed by atoms with Crippen LogP contribution in [-0.4, -0.2) is 34.0 Å². The Labute approximate surface area is 181 Å². The number of amides is 1. The summed E-state index contributed by atoms with van der Waals surface area (Å²) in [5, 5.41) is 15.8. The normalized spacial score (nSPS) is 14.8. The van der Waals surface area contributed by atoms with Crippen molar-refractivity contribution in [1.82, 2.24) is 15.0 Å². The average Bonchev–Trinajstić information content (AvgIpc) is 3.25. The molecule has 0 saturated carbocycles. The van der Waals surface area contributed by atoms with Gasteiger partial charge in [-0.1, -0.05) is 47.1 Å². The van der Waals surface area contributed by atoms with Gasteiger partial charge in [-0.05, 0) is 50.6 Å². The highest BCUT2D eigenvalue weighted by Gasteiger charge is 2.26. The monoisotopic (exact) mass is 415 g/mol. The van der Waals surface area contributed by atoms with Crippen LogP contribution in [0.5, 0.6) is 0 Å². The summed E-state index contributed by atoms with van der Waals surface area (Å²) in [5.74, 6) is 1.23. The van der Waals surface area contributed by atoms with Gasteiger partial charge in [0.1, 0.15) is 0 Å². The number of nitrogens with one attached hydrogen (secondary N) is 1. The topological polar surface area (TPSA) is 95.0 Å². The molecule has 0 unspecified atom stereocenters. The average molecular weight is 415 g/mol. The highest BCUT2D eigenvalue weighted by Crippen LogP contribution is 2.22. The standard InChI is InChI=1S/C24H25N5O2/c1-17-2-6-19(7-3-17)23-27-22(31-28-23)16-29-14-11-20(12-15-29)24(30)26-21-8-4-18(5-9-21)10-13-25/h2-9,20H,10-12,14-16H2,1H3,(H,26,30). The lowest BCUT2D eigenvalue weighted by atomic mass is 9.95. The molecule has 1 aliphatic rings. The Hall–Kier alpha value is -3.50. The maximum absolute atomic E-state index is 12.6. The largest absolute Gasteiger partial charge is 0.338 e. The van der Waals surface area contributed by atoms with Crippen LogP contribution in [0.25, 0.3) is 11.4 Å². The fourth-order valence-electron chi connectivity index (χ4n) is 3.73. The van der Waals surface area contributed by atoms with Gasteiger partial charge < -0.3 is 9.84 Å². The van der Waals surface area contributed by atoms with Gasteiger partial charge in [-0.3, -0.25) is 9.69 Å². The first kappa shape index (κ1) is 20.8. The number of piperidine rings is 1. The van der Waals surface area contributed by atoms with Crippen LogP contribution < -0.4 is 5.32 Å². The molecule has 0 atom stereocenters. The third-order valence-corrected chi connectivity index (χ3v) is 5.60. The lowest BCUT2D eigenvalue weighted by Crippen LogP contribution is -2.37. The molecule has 3 aromatic rings. The summed E-state index contributed by atoms with van der Waals surface area (Å²) in [4.78, 5) is 19.4. The van der Waals surface area contributed by atoms with Crippen molar-refractivity contribution in [1.29, 1.82) is 5.26 Å². The summed E-state index contributed by atoms with van der Waals surface area (Å²) < 4.78 is 5.43. The number of hydrogen-bond acceptors (Lipinski definition) is 6. The number of carbonyl (C=O) groups excluding carboxylic acids is 1. The van der Waals surface area contributed by atoms with E-state index in [9.17, 15) is 4.79 Å². The van der Waals surface area contributed by atoms with Crippen molar-refractivity contribution >= 4 is 11.6 Å². The summed E-state index contributed by atoms with van der Waals surface area (Å²) in [7, 11) is 0. The molecule has 2 aromatic carbocycles. The lowest BCUT2D eigenvalue weighted by molar-refractivity contribution is -0.121. The van der Waals surface area contributed by atoms with Crippen molar-refractivity contribution in [2.24, 2.45) is 5.92 Å². The van der Waals surface area contributed by atoms with Crippen LogP contribution in [0.3, 0.4) is 0 Å². The van der Waals surface area contributed by atoms with Gasteiger partial charge in [0.25, 0.3) is 0 Å². The van der Waals surface area contributed by atoms with E-state index in [0.29, 0.717) is 24.7 Å². The number of nitrogens with zero attached hydrogens (tertiary/aromatic N) is 4. The zero-order chi connectivity index (χ0) is 21.6. The first-order valence-corrected chi connectivity index (χ1v) is 10.5. The minimum Gasteiger partial charge on any atom is -0.338 e. The SMILES string of the molecule is Cc1ccc(-c2noc(CN3CCC(C(=O)Nc4ccc(CC#N)cc4)CC3)n2)cc1. The second-order valence-corrected chi connectivity index (χ2v) is 7.95. The van der Waals surface area contributed by atoms with Crippen molar-refractivity contribution in [2.45, 2.75) is 32.7 Å². The molecule has 1 aliphatic heterocycles. The van der Waals surface area contributed by atoms with E-state index in [-0.39, 0.29) is 11.8 Å². The molecule has 1 N–H and O–H groups in total. The van der Waals surface area contributed by atoms with Gasteiger partial charge in [-0.25, -0.2) is 0 Å². The Morgan fingerprint density at radius 1 is 1.16 bits per heavy atom. The second kappa shape index (κ2) is 9.54. The van der Waals surface area contributed by atoms with Crippen molar-refractivity contribution in [3.63, 3.8) is 0 Å². The predicted octanol–water partition coefficient (Wildman–Crippen LogP) is 3.96. The second-order valence-electron chi connectivity index (χ2n) is 7.95. The molecule has 0 bridgehead atoms. The van der Waals surface area contributed by atoms with Crippen LogP contribution in [0.15, 0.2) is 53.1 Å². The molecule has 1 saturated heterocycles. The van der Waals surface area contributed by atoms with Gasteiger partial charge in [0.05, 0.1) is 19.0 Å². The van der Waals surface area contributed by atoms with Crippen LogP contribution in [0.1, 0.15) is 29.9 Å². The molecule has 1 fully saturated rings. The van der Waals surface area contributed by atoms with Gasteiger partial charge in [0.2, 0.25) is 17.6 Å². The van der Waals surface area contributed by atoms with Gasteiger partial charge in [-0.2, -0.15) is 10.2 Å². The van der Waals surface area contributed by atoms with Gasteiger partial charge >= 0.3 is 0 Å². The first-order chi connectivity index (χ1) is 15.1. The molecule has 7 nitrogen and oxygen atoms in total. The molecule has 158 valence electrons. The van der Waals surface area contributed by atoms with Crippen molar-refractivity contribution < 1.29 is 9.32 Å². The third kappa shape index (κ3) is 5.36. The highest BCUT2D eigenvalue weighted by molar-refractivity contribution is 5.92. The Morgan fingerprint density at radius 2 is 1.87 bits per heavy atom. The molecule has 0 aliphatic carbocycles. The molecule has 31 heavy (non-hydrogen) atoms. The molecular weight excluding hydrogens is 390 g/mol. The summed E-state index contributed by atoms with van der Waals surface area (Å²) in [6.07, 6.45) is 1.95. The first-order valence-electron chi connectivity index (χ1n) is 10.5. The Morgan fingerprint density at radius 3 is 2.55 bits per heavy atom. The quantitative estimate of drug-likeness (QED) is 0.655. The fraction of sp³-hybridized carbons (Fsp3) is 0.333. The van der Waals surface area contributed by atoms with E-state index in [4.69, 9.17) is 9.78 Å². The highest BCUT2D eigenvalue weighted by atomic mass is 16.5. The molecule has 0 spiro atoms. The van der Waals surface area contributed by atoms with E-state index in [0.717, 1.165) is 42.7 Å².